The van der Waals surface area contributed by atoms with Gasteiger partial charge in [0.2, 0.25) is 5.89 Å². The third-order valence-corrected chi connectivity index (χ3v) is 8.24. The number of oxazole rings is 1. The Bertz CT molecular complexity index is 2450. The lowest BCUT2D eigenvalue weighted by Crippen LogP contribution is -2.05. The van der Waals surface area contributed by atoms with E-state index in [0.717, 1.165) is 49.9 Å². The number of nitrogens with one attached hydrogen (secondary N) is 1. The molecule has 6 heteroatoms. The zero-order valence-corrected chi connectivity index (χ0v) is 25.5. The van der Waals surface area contributed by atoms with Crippen molar-refractivity contribution in [3.63, 3.8) is 0 Å². The van der Waals surface area contributed by atoms with Gasteiger partial charge in [0, 0.05) is 38.5 Å². The van der Waals surface area contributed by atoms with Crippen LogP contribution in [0.5, 0.6) is 0 Å². The largest absolute Gasteiger partial charge is 0.436 e. The van der Waals surface area contributed by atoms with Gasteiger partial charge < -0.3 is 9.40 Å². The Morgan fingerprint density at radius 1 is 0.617 bits per heavy atom. The van der Waals surface area contributed by atoms with E-state index in [2.05, 4.69) is 71.3 Å². The van der Waals surface area contributed by atoms with E-state index in [-0.39, 0.29) is 0 Å². The average Bonchev–Trinajstić information content (AvgIpc) is 3.74. The molecule has 0 unspecified atom stereocenters. The van der Waals surface area contributed by atoms with E-state index in [9.17, 15) is 0 Å². The lowest BCUT2D eigenvalue weighted by molar-refractivity contribution is 0.619. The summed E-state index contributed by atoms with van der Waals surface area (Å²) < 4.78 is 6.32. The van der Waals surface area contributed by atoms with E-state index >= 15 is 0 Å². The summed E-state index contributed by atoms with van der Waals surface area (Å²) in [5, 5.41) is 2.43. The average molecular weight is 608 g/mol. The van der Waals surface area contributed by atoms with Crippen molar-refractivity contribution in [1.29, 1.82) is 0 Å². The van der Waals surface area contributed by atoms with Gasteiger partial charge in [0.05, 0.1) is 6.54 Å². The molecule has 0 fully saturated rings. The number of aromatic amines is 1. The Morgan fingerprint density at radius 2 is 1.32 bits per heavy atom. The number of amidine groups is 2. The third-order valence-electron chi connectivity index (χ3n) is 8.24. The fourth-order valence-corrected chi connectivity index (χ4v) is 5.87. The fraction of sp³-hybridized carbons (Fsp3) is 0.0244. The molecule has 224 valence electrons. The van der Waals surface area contributed by atoms with E-state index < -0.39 is 0 Å². The van der Waals surface area contributed by atoms with Crippen LogP contribution in [0.4, 0.5) is 0 Å². The molecule has 0 aliphatic carbocycles. The number of para-hydroxylation sites is 1. The summed E-state index contributed by atoms with van der Waals surface area (Å²) in [6.45, 7) is 4.16. The minimum Gasteiger partial charge on any atom is -0.436 e. The maximum Gasteiger partial charge on any atom is 0.227 e. The van der Waals surface area contributed by atoms with Crippen molar-refractivity contribution in [2.45, 2.75) is 6.54 Å². The topological polar surface area (TPSA) is 78.9 Å². The molecule has 1 N–H and O–H groups in total. The van der Waals surface area contributed by atoms with Gasteiger partial charge in [-0.05, 0) is 65.9 Å². The Morgan fingerprint density at radius 3 is 2.13 bits per heavy atom. The van der Waals surface area contributed by atoms with Crippen LogP contribution in [0.1, 0.15) is 16.7 Å². The molecular formula is C41H29N5O. The molecule has 0 aliphatic heterocycles. The molecule has 8 aromatic rings. The molecule has 6 nitrogen and oxygen atoms in total. The third kappa shape index (κ3) is 5.64. The lowest BCUT2D eigenvalue weighted by Gasteiger charge is -2.05. The molecule has 0 amide bonds. The van der Waals surface area contributed by atoms with Crippen molar-refractivity contribution < 1.29 is 4.42 Å². The molecule has 0 spiro atoms. The molecule has 0 aliphatic rings. The summed E-state index contributed by atoms with van der Waals surface area (Å²) in [6, 6.07) is 49.0. The minimum atomic E-state index is 0.407. The van der Waals surface area contributed by atoms with Gasteiger partial charge in [0.15, 0.2) is 17.3 Å². The number of hydrogen-bond donors (Lipinski definition) is 1. The summed E-state index contributed by atoms with van der Waals surface area (Å²) in [6.07, 6.45) is 0. The Balaban J connectivity index is 1.10. The standard InChI is InChI=1S/C41H29N5O/c1-42-39(28-11-4-2-5-12-28)46-40(29-13-6-3-7-14-29)43-26-27-19-21-37-38(23-27)47-41(45-37)32-16-10-15-30(24-32)31-20-22-36-34(25-31)33-17-8-9-18-35(33)44-36/h2-25,44H,1,26H2. The molecule has 0 atom stereocenters. The zero-order valence-electron chi connectivity index (χ0n) is 25.5. The smallest absolute Gasteiger partial charge is 0.227 e. The highest BCUT2D eigenvalue weighted by atomic mass is 16.3. The second-order valence-electron chi connectivity index (χ2n) is 11.3. The predicted molar refractivity (Wildman–Crippen MR) is 193 cm³/mol. The number of aromatic nitrogens is 2. The number of aliphatic imine (C=N–C) groups is 3. The van der Waals surface area contributed by atoms with E-state index in [1.165, 1.54) is 10.8 Å². The lowest BCUT2D eigenvalue weighted by atomic mass is 10.0. The SMILES string of the molecule is C=NC(=NC(=NCc1ccc2nc(-c3cccc(-c4ccc5[nH]c6ccccc6c5c4)c3)oc2c1)c1ccccc1)c1ccccc1. The molecule has 47 heavy (non-hydrogen) atoms. The van der Waals surface area contributed by atoms with Crippen molar-refractivity contribution in [1.82, 2.24) is 9.97 Å². The molecule has 2 aromatic heterocycles. The predicted octanol–water partition coefficient (Wildman–Crippen LogP) is 9.89. The second-order valence-corrected chi connectivity index (χ2v) is 11.3. The Labute approximate surface area is 271 Å². The number of rotatable bonds is 6. The molecule has 0 bridgehead atoms. The quantitative estimate of drug-likeness (QED) is 0.151. The number of fused-ring (bicyclic) bond motifs is 4. The van der Waals surface area contributed by atoms with Crippen LogP contribution in [0.15, 0.2) is 165 Å². The zero-order chi connectivity index (χ0) is 31.6. The van der Waals surface area contributed by atoms with Crippen LogP contribution < -0.4 is 0 Å². The number of nitrogens with zero attached hydrogens (tertiary/aromatic N) is 4. The molecular weight excluding hydrogens is 578 g/mol. The van der Waals surface area contributed by atoms with Crippen molar-refractivity contribution in [2.75, 3.05) is 0 Å². The summed E-state index contributed by atoms with van der Waals surface area (Å²) in [5.74, 6) is 1.68. The van der Waals surface area contributed by atoms with Crippen molar-refractivity contribution in [3.8, 4) is 22.6 Å². The fourth-order valence-electron chi connectivity index (χ4n) is 5.87. The van der Waals surface area contributed by atoms with Crippen LogP contribution >= 0.6 is 0 Å². The van der Waals surface area contributed by atoms with E-state index in [4.69, 9.17) is 19.4 Å². The van der Waals surface area contributed by atoms with Crippen molar-refractivity contribution in [2.24, 2.45) is 15.0 Å². The maximum absolute atomic E-state index is 6.32. The van der Waals surface area contributed by atoms with Crippen LogP contribution in [-0.2, 0) is 6.54 Å². The molecule has 0 saturated heterocycles. The highest BCUT2D eigenvalue weighted by Crippen LogP contribution is 2.33. The van der Waals surface area contributed by atoms with Crippen LogP contribution in [0.2, 0.25) is 0 Å². The van der Waals surface area contributed by atoms with Crippen LogP contribution in [0.25, 0.3) is 55.5 Å². The first-order valence-electron chi connectivity index (χ1n) is 15.4. The van der Waals surface area contributed by atoms with Gasteiger partial charge in [-0.2, -0.15) is 0 Å². The number of hydrogen-bond acceptors (Lipinski definition) is 3. The van der Waals surface area contributed by atoms with Crippen LogP contribution in [-0.4, -0.2) is 28.4 Å². The Hall–Kier alpha value is -6.40. The van der Waals surface area contributed by atoms with Crippen molar-refractivity contribution >= 4 is 51.3 Å². The molecule has 8 rings (SSSR count). The number of H-pyrrole nitrogens is 1. The summed E-state index contributed by atoms with van der Waals surface area (Å²) in [5.41, 5.74) is 9.69. The van der Waals surface area contributed by atoms with E-state index in [1.54, 1.807) is 0 Å². The van der Waals surface area contributed by atoms with Gasteiger partial charge in [0.1, 0.15) is 5.52 Å². The van der Waals surface area contributed by atoms with Crippen molar-refractivity contribution in [3.05, 3.63) is 162 Å². The minimum absolute atomic E-state index is 0.407. The van der Waals surface area contributed by atoms with Gasteiger partial charge in [-0.1, -0.05) is 103 Å². The van der Waals surface area contributed by atoms with E-state index in [0.29, 0.717) is 29.7 Å². The Kier molecular flexibility index (Phi) is 7.28. The second kappa shape index (κ2) is 12.2. The normalized spacial score (nSPS) is 12.3. The first-order valence-corrected chi connectivity index (χ1v) is 15.4. The summed E-state index contributed by atoms with van der Waals surface area (Å²) in [7, 11) is 0. The van der Waals surface area contributed by atoms with E-state index in [1.807, 2.05) is 91.0 Å². The summed E-state index contributed by atoms with van der Waals surface area (Å²) >= 11 is 0. The number of benzene rings is 6. The monoisotopic (exact) mass is 607 g/mol. The van der Waals surface area contributed by atoms with Gasteiger partial charge in [-0.25, -0.2) is 15.0 Å². The van der Waals surface area contributed by atoms with Gasteiger partial charge in [0.25, 0.3) is 0 Å². The van der Waals surface area contributed by atoms with Crippen LogP contribution in [0.3, 0.4) is 0 Å². The first-order chi connectivity index (χ1) is 23.2. The van der Waals surface area contributed by atoms with Gasteiger partial charge in [-0.15, -0.1) is 0 Å². The molecule has 0 saturated carbocycles. The van der Waals surface area contributed by atoms with Gasteiger partial charge in [-0.3, -0.25) is 4.99 Å². The molecule has 6 aromatic carbocycles. The molecule has 0 radical (unpaired) electrons. The van der Waals surface area contributed by atoms with Crippen LogP contribution in [0, 0.1) is 0 Å². The first kappa shape index (κ1) is 28.1. The summed E-state index contributed by atoms with van der Waals surface area (Å²) in [4.78, 5) is 22.2. The highest BCUT2D eigenvalue weighted by Gasteiger charge is 2.12. The maximum atomic E-state index is 6.32. The molecule has 2 heterocycles. The highest BCUT2D eigenvalue weighted by molar-refractivity contribution is 6.12. The van der Waals surface area contributed by atoms with Gasteiger partial charge >= 0.3 is 0 Å².